The van der Waals surface area contributed by atoms with E-state index in [-0.39, 0.29) is 18.4 Å². The largest absolute Gasteiger partial charge is 0.481 e. The molecule has 4 rings (SSSR count). The SMILES string of the molecule is CCc1cc(C(C)=NOCc2ccc(C3CCCCC3)c(C(F)(F)F)c2)ccc1CCN1CC(C(=O)O)C1. The molecule has 1 saturated carbocycles. The highest BCUT2D eigenvalue weighted by molar-refractivity contribution is 5.98. The lowest BCUT2D eigenvalue weighted by atomic mass is 9.81. The molecule has 0 bridgehead atoms. The number of hydrogen-bond acceptors (Lipinski definition) is 4. The van der Waals surface area contributed by atoms with Gasteiger partial charge in [-0.05, 0) is 78.5 Å². The molecule has 1 saturated heterocycles. The van der Waals surface area contributed by atoms with E-state index in [1.165, 1.54) is 17.2 Å². The van der Waals surface area contributed by atoms with Gasteiger partial charge in [-0.2, -0.15) is 13.2 Å². The molecule has 0 amide bonds. The van der Waals surface area contributed by atoms with Crippen molar-refractivity contribution in [3.8, 4) is 0 Å². The molecule has 2 fully saturated rings. The van der Waals surface area contributed by atoms with Crippen molar-refractivity contribution >= 4 is 11.7 Å². The van der Waals surface area contributed by atoms with Crippen LogP contribution in [0.25, 0.3) is 0 Å². The summed E-state index contributed by atoms with van der Waals surface area (Å²) in [6, 6.07) is 10.7. The van der Waals surface area contributed by atoms with Crippen molar-refractivity contribution in [1.29, 1.82) is 0 Å². The molecule has 2 aromatic rings. The fourth-order valence-electron chi connectivity index (χ4n) is 5.58. The molecule has 0 unspecified atom stereocenters. The summed E-state index contributed by atoms with van der Waals surface area (Å²) in [6.07, 6.45) is 1.98. The van der Waals surface area contributed by atoms with E-state index in [1.54, 1.807) is 12.1 Å². The zero-order chi connectivity index (χ0) is 27.3. The highest BCUT2D eigenvalue weighted by Crippen LogP contribution is 2.41. The first kappa shape index (κ1) is 28.1. The zero-order valence-corrected chi connectivity index (χ0v) is 22.2. The molecule has 2 aliphatic rings. The summed E-state index contributed by atoms with van der Waals surface area (Å²) >= 11 is 0. The number of oxime groups is 1. The van der Waals surface area contributed by atoms with Gasteiger partial charge in [-0.1, -0.05) is 55.6 Å². The minimum Gasteiger partial charge on any atom is -0.481 e. The fraction of sp³-hybridized carbons (Fsp3) is 0.533. The molecule has 0 spiro atoms. The second kappa shape index (κ2) is 12.3. The Kier molecular flexibility index (Phi) is 9.13. The van der Waals surface area contributed by atoms with Crippen LogP contribution in [0.2, 0.25) is 0 Å². The number of carbonyl (C=O) groups is 1. The van der Waals surface area contributed by atoms with Crippen LogP contribution in [0, 0.1) is 5.92 Å². The predicted molar refractivity (Wildman–Crippen MR) is 141 cm³/mol. The van der Waals surface area contributed by atoms with Crippen LogP contribution in [-0.4, -0.2) is 41.3 Å². The maximum Gasteiger partial charge on any atom is 0.416 e. The van der Waals surface area contributed by atoms with Crippen LogP contribution < -0.4 is 0 Å². The molecular formula is C30H37F3N2O3. The molecule has 8 heteroatoms. The minimum absolute atomic E-state index is 0.0288. The van der Waals surface area contributed by atoms with Gasteiger partial charge >= 0.3 is 12.1 Å². The van der Waals surface area contributed by atoms with Crippen LogP contribution >= 0.6 is 0 Å². The first-order valence-corrected chi connectivity index (χ1v) is 13.6. The van der Waals surface area contributed by atoms with Gasteiger partial charge in [0.05, 0.1) is 17.2 Å². The van der Waals surface area contributed by atoms with Crippen LogP contribution in [0.4, 0.5) is 13.2 Å². The highest BCUT2D eigenvalue weighted by atomic mass is 19.4. The van der Waals surface area contributed by atoms with Gasteiger partial charge in [-0.25, -0.2) is 0 Å². The lowest BCUT2D eigenvalue weighted by Crippen LogP contribution is -2.50. The standard InChI is InChI=1S/C30H37F3N2O3/c1-3-22-16-25(11-10-23(22)13-14-35-17-26(18-35)29(36)37)20(2)34-38-19-21-9-12-27(24-7-5-4-6-8-24)28(15-21)30(31,32)33/h9-12,15-16,24,26H,3-8,13-14,17-19H2,1-2H3,(H,36,37). The summed E-state index contributed by atoms with van der Waals surface area (Å²) in [7, 11) is 0. The quantitative estimate of drug-likeness (QED) is 0.271. The first-order chi connectivity index (χ1) is 18.2. The minimum atomic E-state index is -4.39. The Labute approximate surface area is 222 Å². The van der Waals surface area contributed by atoms with Crippen LogP contribution in [0.1, 0.15) is 85.3 Å². The van der Waals surface area contributed by atoms with Crippen molar-refractivity contribution in [1.82, 2.24) is 4.90 Å². The molecule has 1 aliphatic heterocycles. The number of hydrogen-bond donors (Lipinski definition) is 1. The number of likely N-dealkylation sites (tertiary alicyclic amines) is 1. The summed E-state index contributed by atoms with van der Waals surface area (Å²) in [6.45, 7) is 5.92. The zero-order valence-electron chi connectivity index (χ0n) is 22.2. The molecule has 38 heavy (non-hydrogen) atoms. The van der Waals surface area contributed by atoms with Crippen molar-refractivity contribution < 1.29 is 27.9 Å². The highest BCUT2D eigenvalue weighted by Gasteiger charge is 2.36. The van der Waals surface area contributed by atoms with E-state index in [1.807, 2.05) is 13.0 Å². The van der Waals surface area contributed by atoms with E-state index in [4.69, 9.17) is 9.94 Å². The summed E-state index contributed by atoms with van der Waals surface area (Å²) in [5, 5.41) is 13.2. The normalized spacial score (nSPS) is 17.9. The van der Waals surface area contributed by atoms with E-state index in [9.17, 15) is 18.0 Å². The maximum atomic E-state index is 13.8. The van der Waals surface area contributed by atoms with Crippen molar-refractivity contribution in [2.24, 2.45) is 11.1 Å². The Bertz CT molecular complexity index is 1150. The Morgan fingerprint density at radius 3 is 2.47 bits per heavy atom. The topological polar surface area (TPSA) is 62.1 Å². The smallest absolute Gasteiger partial charge is 0.416 e. The van der Waals surface area contributed by atoms with E-state index in [0.29, 0.717) is 29.9 Å². The second-order valence-electron chi connectivity index (χ2n) is 10.6. The van der Waals surface area contributed by atoms with Gasteiger partial charge in [0.25, 0.3) is 0 Å². The molecule has 1 N–H and O–H groups in total. The van der Waals surface area contributed by atoms with E-state index >= 15 is 0 Å². The first-order valence-electron chi connectivity index (χ1n) is 13.6. The van der Waals surface area contributed by atoms with E-state index < -0.39 is 17.7 Å². The molecule has 5 nitrogen and oxygen atoms in total. The Hall–Kier alpha value is -2.87. The maximum absolute atomic E-state index is 13.8. The van der Waals surface area contributed by atoms with E-state index in [2.05, 4.69) is 29.1 Å². The van der Waals surface area contributed by atoms with Gasteiger partial charge in [0.1, 0.15) is 6.61 Å². The van der Waals surface area contributed by atoms with Crippen LogP contribution in [-0.2, 0) is 35.3 Å². The third kappa shape index (κ3) is 6.95. The van der Waals surface area contributed by atoms with Crippen molar-refractivity contribution in [3.63, 3.8) is 0 Å². The lowest BCUT2D eigenvalue weighted by Gasteiger charge is -2.36. The summed E-state index contributed by atoms with van der Waals surface area (Å²) < 4.78 is 41.5. The molecule has 1 heterocycles. The number of benzene rings is 2. The van der Waals surface area contributed by atoms with Gasteiger partial charge in [-0.15, -0.1) is 0 Å². The van der Waals surface area contributed by atoms with Gasteiger partial charge < -0.3 is 14.8 Å². The molecule has 0 atom stereocenters. The monoisotopic (exact) mass is 530 g/mol. The average Bonchev–Trinajstić information content (AvgIpc) is 2.87. The van der Waals surface area contributed by atoms with Gasteiger partial charge in [0, 0.05) is 19.6 Å². The average molecular weight is 531 g/mol. The number of carboxylic acids is 1. The number of aryl methyl sites for hydroxylation is 1. The van der Waals surface area contributed by atoms with Gasteiger partial charge in [-0.3, -0.25) is 4.79 Å². The van der Waals surface area contributed by atoms with E-state index in [0.717, 1.165) is 57.1 Å². The molecule has 206 valence electrons. The summed E-state index contributed by atoms with van der Waals surface area (Å²) in [4.78, 5) is 18.6. The second-order valence-corrected chi connectivity index (χ2v) is 10.6. The molecular weight excluding hydrogens is 493 g/mol. The number of nitrogens with zero attached hydrogens (tertiary/aromatic N) is 2. The van der Waals surface area contributed by atoms with Gasteiger partial charge in [0.15, 0.2) is 0 Å². The Morgan fingerprint density at radius 2 is 1.82 bits per heavy atom. The lowest BCUT2D eigenvalue weighted by molar-refractivity contribution is -0.147. The number of carboxylic acid groups (broad SMARTS) is 1. The number of alkyl halides is 3. The molecule has 2 aromatic carbocycles. The third-order valence-corrected chi connectivity index (χ3v) is 7.91. The van der Waals surface area contributed by atoms with Crippen molar-refractivity contribution in [2.75, 3.05) is 19.6 Å². The van der Waals surface area contributed by atoms with Gasteiger partial charge in [0.2, 0.25) is 0 Å². The molecule has 0 radical (unpaired) electrons. The van der Waals surface area contributed by atoms with Crippen LogP contribution in [0.5, 0.6) is 0 Å². The van der Waals surface area contributed by atoms with Crippen molar-refractivity contribution in [2.45, 2.75) is 77.5 Å². The Morgan fingerprint density at radius 1 is 1.08 bits per heavy atom. The summed E-state index contributed by atoms with van der Waals surface area (Å²) in [5.74, 6) is -1.01. The third-order valence-electron chi connectivity index (χ3n) is 7.91. The predicted octanol–water partition coefficient (Wildman–Crippen LogP) is 6.82. The number of halogens is 3. The van der Waals surface area contributed by atoms with Crippen LogP contribution in [0.15, 0.2) is 41.6 Å². The Balaban J connectivity index is 1.37. The molecule has 1 aliphatic carbocycles. The number of aliphatic carboxylic acids is 1. The summed E-state index contributed by atoms with van der Waals surface area (Å²) in [5.41, 5.74) is 4.29. The fourth-order valence-corrected chi connectivity index (χ4v) is 5.58. The van der Waals surface area contributed by atoms with Crippen LogP contribution in [0.3, 0.4) is 0 Å². The molecule has 0 aromatic heterocycles. The number of rotatable bonds is 10. The van der Waals surface area contributed by atoms with Crippen molar-refractivity contribution in [3.05, 3.63) is 69.8 Å².